The summed E-state index contributed by atoms with van der Waals surface area (Å²) in [7, 11) is -0.343. The summed E-state index contributed by atoms with van der Waals surface area (Å²) in [6.07, 6.45) is -4.78. The zero-order chi connectivity index (χ0) is 20.7. The molecular weight excluding hydrogens is 395 g/mol. The Hall–Kier alpha value is -2.68. The first-order chi connectivity index (χ1) is 13.2. The lowest BCUT2D eigenvalue weighted by Crippen LogP contribution is -2.43. The standard InChI is InChI=1S/C19H18F3NO4S/c1-27-18(25)16(11-12-28(26)13-7-3-2-4-8-13)23-17(24)14-9-5-6-10-15(14)19(20,21)22/h2-10,16H,11-12H2,1H3,(H,23,24)/t16-,28-/m1/s1. The molecule has 2 aromatic rings. The number of carbonyl (C=O) groups is 2. The highest BCUT2D eigenvalue weighted by molar-refractivity contribution is 7.85. The summed E-state index contributed by atoms with van der Waals surface area (Å²) in [5, 5.41) is 2.26. The van der Waals surface area contributed by atoms with Crippen LogP contribution in [0.3, 0.4) is 0 Å². The topological polar surface area (TPSA) is 72.5 Å². The third-order valence-electron chi connectivity index (χ3n) is 3.87. The Morgan fingerprint density at radius 1 is 1.07 bits per heavy atom. The van der Waals surface area contributed by atoms with Crippen LogP contribution in [-0.4, -0.2) is 35.0 Å². The molecule has 0 saturated heterocycles. The van der Waals surface area contributed by atoms with Crippen LogP contribution in [0.15, 0.2) is 59.5 Å². The minimum atomic E-state index is -4.72. The molecule has 1 amide bonds. The van der Waals surface area contributed by atoms with Crippen molar-refractivity contribution in [3.05, 3.63) is 65.7 Å². The van der Waals surface area contributed by atoms with E-state index in [0.717, 1.165) is 19.2 Å². The fourth-order valence-corrected chi connectivity index (χ4v) is 3.62. The summed E-state index contributed by atoms with van der Waals surface area (Å²) in [5.41, 5.74) is -1.71. The van der Waals surface area contributed by atoms with Crippen LogP contribution in [0.5, 0.6) is 0 Å². The number of alkyl halides is 3. The average molecular weight is 413 g/mol. The molecule has 2 aromatic carbocycles. The molecule has 0 aliphatic heterocycles. The van der Waals surface area contributed by atoms with Gasteiger partial charge in [-0.25, -0.2) is 4.79 Å². The van der Waals surface area contributed by atoms with Crippen LogP contribution in [0.2, 0.25) is 0 Å². The van der Waals surface area contributed by atoms with E-state index in [1.54, 1.807) is 30.3 Å². The zero-order valence-corrected chi connectivity index (χ0v) is 15.7. The van der Waals surface area contributed by atoms with Gasteiger partial charge in [0, 0.05) is 10.6 Å². The summed E-state index contributed by atoms with van der Waals surface area (Å²) in [5.74, 6) is -1.87. The van der Waals surface area contributed by atoms with Crippen LogP contribution >= 0.6 is 0 Å². The van der Waals surface area contributed by atoms with Crippen molar-refractivity contribution < 1.29 is 31.7 Å². The van der Waals surface area contributed by atoms with Gasteiger partial charge in [-0.3, -0.25) is 9.00 Å². The highest BCUT2D eigenvalue weighted by atomic mass is 32.2. The lowest BCUT2D eigenvalue weighted by molar-refractivity contribution is -0.142. The number of benzene rings is 2. The molecule has 0 heterocycles. The Balaban J connectivity index is 2.14. The van der Waals surface area contributed by atoms with E-state index in [9.17, 15) is 27.0 Å². The second kappa shape index (κ2) is 9.50. The number of rotatable bonds is 7. The van der Waals surface area contributed by atoms with Gasteiger partial charge in [-0.05, 0) is 30.7 Å². The van der Waals surface area contributed by atoms with Gasteiger partial charge < -0.3 is 10.1 Å². The van der Waals surface area contributed by atoms with Crippen LogP contribution in [-0.2, 0) is 26.5 Å². The van der Waals surface area contributed by atoms with E-state index in [0.29, 0.717) is 4.90 Å². The third-order valence-corrected chi connectivity index (χ3v) is 5.27. The van der Waals surface area contributed by atoms with Crippen molar-refractivity contribution in [2.75, 3.05) is 12.9 Å². The zero-order valence-electron chi connectivity index (χ0n) is 14.9. The number of ether oxygens (including phenoxy) is 1. The fraction of sp³-hybridized carbons (Fsp3) is 0.263. The molecule has 0 bridgehead atoms. The molecule has 2 atom stereocenters. The fourth-order valence-electron chi connectivity index (χ4n) is 2.47. The monoisotopic (exact) mass is 413 g/mol. The Labute approximate surface area is 162 Å². The molecule has 0 saturated carbocycles. The quantitative estimate of drug-likeness (QED) is 0.708. The minimum Gasteiger partial charge on any atom is -0.467 e. The van der Waals surface area contributed by atoms with Gasteiger partial charge in [-0.15, -0.1) is 0 Å². The second-order valence-corrected chi connectivity index (χ2v) is 7.31. The largest absolute Gasteiger partial charge is 0.467 e. The van der Waals surface area contributed by atoms with Crippen molar-refractivity contribution in [1.29, 1.82) is 0 Å². The predicted octanol–water partition coefficient (Wildman–Crippen LogP) is 3.17. The summed E-state index contributed by atoms with van der Waals surface area (Å²) in [6, 6.07) is 11.5. The lowest BCUT2D eigenvalue weighted by atomic mass is 10.1. The molecule has 0 spiro atoms. The smallest absolute Gasteiger partial charge is 0.417 e. The molecule has 0 aromatic heterocycles. The number of carbonyl (C=O) groups excluding carboxylic acids is 2. The Morgan fingerprint density at radius 2 is 1.68 bits per heavy atom. The molecule has 2 rings (SSSR count). The maximum absolute atomic E-state index is 13.1. The Kier molecular flexibility index (Phi) is 7.33. The normalized spacial score (nSPS) is 13.4. The first-order valence-corrected chi connectivity index (χ1v) is 9.54. The first kappa shape index (κ1) is 21.6. The highest BCUT2D eigenvalue weighted by Gasteiger charge is 2.35. The van der Waals surface area contributed by atoms with Gasteiger partial charge in [0.15, 0.2) is 0 Å². The van der Waals surface area contributed by atoms with Crippen LogP contribution < -0.4 is 5.32 Å². The SMILES string of the molecule is COC(=O)[C@@H](CC[S@@](=O)c1ccccc1)NC(=O)c1ccccc1C(F)(F)F. The maximum Gasteiger partial charge on any atom is 0.417 e. The summed E-state index contributed by atoms with van der Waals surface area (Å²) in [6.45, 7) is 0. The number of nitrogens with one attached hydrogen (secondary N) is 1. The van der Waals surface area contributed by atoms with Crippen molar-refractivity contribution >= 4 is 22.7 Å². The van der Waals surface area contributed by atoms with Gasteiger partial charge in [-0.2, -0.15) is 13.2 Å². The highest BCUT2D eigenvalue weighted by Crippen LogP contribution is 2.31. The van der Waals surface area contributed by atoms with E-state index in [1.165, 1.54) is 12.1 Å². The Morgan fingerprint density at radius 3 is 2.29 bits per heavy atom. The summed E-state index contributed by atoms with van der Waals surface area (Å²) >= 11 is 0. The van der Waals surface area contributed by atoms with Crippen LogP contribution in [0.4, 0.5) is 13.2 Å². The molecule has 0 fully saturated rings. The lowest BCUT2D eigenvalue weighted by Gasteiger charge is -2.18. The summed E-state index contributed by atoms with van der Waals surface area (Å²) in [4.78, 5) is 24.9. The van der Waals surface area contributed by atoms with Crippen molar-refractivity contribution in [3.63, 3.8) is 0 Å². The van der Waals surface area contributed by atoms with Crippen molar-refractivity contribution in [3.8, 4) is 0 Å². The maximum atomic E-state index is 13.1. The van der Waals surface area contributed by atoms with E-state index >= 15 is 0 Å². The third kappa shape index (κ3) is 5.66. The molecule has 0 aliphatic rings. The number of hydrogen-bond acceptors (Lipinski definition) is 4. The number of esters is 1. The molecule has 5 nitrogen and oxygen atoms in total. The van der Waals surface area contributed by atoms with E-state index in [1.807, 2.05) is 0 Å². The van der Waals surface area contributed by atoms with Gasteiger partial charge in [0.05, 0.1) is 29.0 Å². The van der Waals surface area contributed by atoms with Crippen molar-refractivity contribution in [2.24, 2.45) is 0 Å². The molecule has 0 radical (unpaired) electrons. The van der Waals surface area contributed by atoms with E-state index in [4.69, 9.17) is 0 Å². The number of amides is 1. The first-order valence-electron chi connectivity index (χ1n) is 8.22. The molecule has 1 N–H and O–H groups in total. The van der Waals surface area contributed by atoms with E-state index in [-0.39, 0.29) is 12.2 Å². The number of methoxy groups -OCH3 is 1. The van der Waals surface area contributed by atoms with Crippen LogP contribution in [0.25, 0.3) is 0 Å². The van der Waals surface area contributed by atoms with Crippen LogP contribution in [0.1, 0.15) is 22.3 Å². The summed E-state index contributed by atoms with van der Waals surface area (Å²) < 4.78 is 56.2. The molecule has 0 aliphatic carbocycles. The molecule has 150 valence electrons. The average Bonchev–Trinajstić information content (AvgIpc) is 2.70. The van der Waals surface area contributed by atoms with Crippen molar-refractivity contribution in [2.45, 2.75) is 23.5 Å². The van der Waals surface area contributed by atoms with Gasteiger partial charge >= 0.3 is 12.1 Å². The number of halogens is 3. The molecule has 9 heteroatoms. The molecular formula is C19H18F3NO4S. The van der Waals surface area contributed by atoms with Gasteiger partial charge in [0.2, 0.25) is 0 Å². The minimum absolute atomic E-state index is 0.0188. The Bertz CT molecular complexity index is 856. The second-order valence-electron chi connectivity index (χ2n) is 5.74. The van der Waals surface area contributed by atoms with Crippen LogP contribution in [0, 0.1) is 0 Å². The molecule has 0 unspecified atom stereocenters. The van der Waals surface area contributed by atoms with Gasteiger partial charge in [-0.1, -0.05) is 30.3 Å². The van der Waals surface area contributed by atoms with E-state index < -0.39 is 46.0 Å². The predicted molar refractivity (Wildman–Crippen MR) is 97.0 cm³/mol. The van der Waals surface area contributed by atoms with Gasteiger partial charge in [0.25, 0.3) is 5.91 Å². The molecule has 28 heavy (non-hydrogen) atoms. The van der Waals surface area contributed by atoms with E-state index in [2.05, 4.69) is 10.1 Å². The van der Waals surface area contributed by atoms with Crippen molar-refractivity contribution in [1.82, 2.24) is 5.32 Å². The number of hydrogen-bond donors (Lipinski definition) is 1. The van der Waals surface area contributed by atoms with Gasteiger partial charge in [0.1, 0.15) is 6.04 Å².